The highest BCUT2D eigenvalue weighted by Gasteiger charge is 2.22. The van der Waals surface area contributed by atoms with Crippen LogP contribution >= 0.6 is 0 Å². The molecule has 1 fully saturated rings. The number of benzene rings is 2. The van der Waals surface area contributed by atoms with E-state index in [4.69, 9.17) is 9.72 Å². The highest BCUT2D eigenvalue weighted by molar-refractivity contribution is 5.93. The lowest BCUT2D eigenvalue weighted by molar-refractivity contribution is 0.324. The molecule has 0 spiro atoms. The van der Waals surface area contributed by atoms with Gasteiger partial charge >= 0.3 is 0 Å². The topological polar surface area (TPSA) is 65.2 Å². The second-order valence-corrected chi connectivity index (χ2v) is 9.66. The second-order valence-electron chi connectivity index (χ2n) is 9.66. The molecular formula is C28H35N5O. The van der Waals surface area contributed by atoms with Crippen molar-refractivity contribution in [3.8, 4) is 5.75 Å². The Morgan fingerprint density at radius 3 is 2.65 bits per heavy atom. The zero-order chi connectivity index (χ0) is 23.5. The van der Waals surface area contributed by atoms with Crippen LogP contribution in [0, 0.1) is 5.92 Å². The summed E-state index contributed by atoms with van der Waals surface area (Å²) in [5.41, 5.74) is 4.71. The fourth-order valence-electron chi connectivity index (χ4n) is 5.16. The largest absolute Gasteiger partial charge is 0.497 e. The van der Waals surface area contributed by atoms with Gasteiger partial charge in [0.05, 0.1) is 12.6 Å². The molecule has 0 atom stereocenters. The first-order valence-corrected chi connectivity index (χ1v) is 12.3. The molecule has 3 N–H and O–H groups in total. The fourth-order valence-corrected chi connectivity index (χ4v) is 5.16. The third kappa shape index (κ3) is 4.82. The summed E-state index contributed by atoms with van der Waals surface area (Å²) in [6.07, 6.45) is 6.95. The van der Waals surface area contributed by atoms with Gasteiger partial charge in [-0.2, -0.15) is 0 Å². The van der Waals surface area contributed by atoms with E-state index in [-0.39, 0.29) is 0 Å². The van der Waals surface area contributed by atoms with Gasteiger partial charge in [-0.1, -0.05) is 18.2 Å². The fraction of sp³-hybridized carbons (Fsp3) is 0.393. The van der Waals surface area contributed by atoms with Crippen LogP contribution in [0.5, 0.6) is 5.75 Å². The lowest BCUT2D eigenvalue weighted by Crippen LogP contribution is -2.31. The maximum Gasteiger partial charge on any atom is 0.128 e. The Balaban J connectivity index is 1.14. The first-order chi connectivity index (χ1) is 16.6. The third-order valence-electron chi connectivity index (χ3n) is 7.10. The number of hydrogen-bond acceptors (Lipinski definition) is 5. The molecule has 0 bridgehead atoms. The van der Waals surface area contributed by atoms with E-state index < -0.39 is 0 Å². The van der Waals surface area contributed by atoms with Crippen LogP contribution in [0.3, 0.4) is 0 Å². The smallest absolute Gasteiger partial charge is 0.128 e. The predicted octanol–water partition coefficient (Wildman–Crippen LogP) is 5.55. The average molecular weight is 458 g/mol. The normalized spacial score (nSPS) is 18.3. The average Bonchev–Trinajstić information content (AvgIpc) is 3.26. The molecule has 6 heteroatoms. The minimum absolute atomic E-state index is 0.487. The third-order valence-corrected chi connectivity index (χ3v) is 7.10. The van der Waals surface area contributed by atoms with Gasteiger partial charge in [0.2, 0.25) is 0 Å². The van der Waals surface area contributed by atoms with Gasteiger partial charge in [-0.25, -0.2) is 4.98 Å². The molecule has 0 radical (unpaired) electrons. The molecule has 34 heavy (non-hydrogen) atoms. The van der Waals surface area contributed by atoms with E-state index in [2.05, 4.69) is 83.3 Å². The molecule has 178 valence electrons. The van der Waals surface area contributed by atoms with Gasteiger partial charge in [0.15, 0.2) is 0 Å². The number of H-pyrrole nitrogens is 1. The van der Waals surface area contributed by atoms with Crippen LogP contribution in [-0.2, 0) is 6.54 Å². The lowest BCUT2D eigenvalue weighted by Gasteiger charge is -2.30. The second kappa shape index (κ2) is 9.94. The van der Waals surface area contributed by atoms with Crippen molar-refractivity contribution in [2.75, 3.05) is 38.0 Å². The molecule has 0 amide bonds. The number of anilines is 2. The van der Waals surface area contributed by atoms with Crippen molar-refractivity contribution in [2.24, 2.45) is 5.92 Å². The number of fused-ring (bicyclic) bond motifs is 2. The summed E-state index contributed by atoms with van der Waals surface area (Å²) in [7, 11) is 5.90. The summed E-state index contributed by atoms with van der Waals surface area (Å²) in [6, 6.07) is 17.2. The molecule has 2 heterocycles. The molecule has 1 aliphatic carbocycles. The SMILES string of the molecule is COc1ccc2[nH]cc(CNCC3CCC(Nc4cc(N(C)C)c5ccccc5n4)CC3)c2c1. The standard InChI is InChI=1S/C28H35N5O/c1-33(2)27-15-28(32-26-7-5-4-6-23(26)27)31-21-10-8-19(9-11-21)16-29-17-20-18-30-25-13-12-22(34-3)14-24(20)25/h4-7,12-15,18-19,21,29-30H,8-11,16-17H2,1-3H3,(H,31,32). The quantitative estimate of drug-likeness (QED) is 0.324. The van der Waals surface area contributed by atoms with E-state index in [9.17, 15) is 0 Å². The van der Waals surface area contributed by atoms with Gasteiger partial charge in [0, 0.05) is 60.9 Å². The van der Waals surface area contributed by atoms with Crippen molar-refractivity contribution in [1.29, 1.82) is 0 Å². The van der Waals surface area contributed by atoms with Gasteiger partial charge in [-0.05, 0) is 68.0 Å². The monoisotopic (exact) mass is 457 g/mol. The Kier molecular flexibility index (Phi) is 6.59. The van der Waals surface area contributed by atoms with Gasteiger partial charge in [0.25, 0.3) is 0 Å². The molecule has 0 aliphatic heterocycles. The van der Waals surface area contributed by atoms with Crippen LogP contribution in [0.2, 0.25) is 0 Å². The van der Waals surface area contributed by atoms with Crippen LogP contribution in [0.25, 0.3) is 21.8 Å². The molecule has 1 saturated carbocycles. The summed E-state index contributed by atoms with van der Waals surface area (Å²) in [4.78, 5) is 10.4. The number of hydrogen-bond donors (Lipinski definition) is 3. The Morgan fingerprint density at radius 1 is 1.03 bits per heavy atom. The maximum absolute atomic E-state index is 5.39. The maximum atomic E-state index is 5.39. The highest BCUT2D eigenvalue weighted by atomic mass is 16.5. The number of nitrogens with one attached hydrogen (secondary N) is 3. The van der Waals surface area contributed by atoms with E-state index >= 15 is 0 Å². The van der Waals surface area contributed by atoms with E-state index in [0.717, 1.165) is 41.6 Å². The molecule has 2 aromatic carbocycles. The molecule has 4 aromatic rings. The van der Waals surface area contributed by atoms with Crippen LogP contribution in [0.15, 0.2) is 54.7 Å². The van der Waals surface area contributed by atoms with Gasteiger partial charge < -0.3 is 25.3 Å². The van der Waals surface area contributed by atoms with Gasteiger partial charge in [-0.3, -0.25) is 0 Å². The van der Waals surface area contributed by atoms with Crippen molar-refractivity contribution in [3.63, 3.8) is 0 Å². The van der Waals surface area contributed by atoms with E-state index in [1.807, 2.05) is 6.07 Å². The molecule has 2 aromatic heterocycles. The van der Waals surface area contributed by atoms with Crippen LogP contribution in [-0.4, -0.2) is 43.8 Å². The zero-order valence-corrected chi connectivity index (χ0v) is 20.4. The zero-order valence-electron chi connectivity index (χ0n) is 20.4. The number of aromatic nitrogens is 2. The number of ether oxygens (including phenoxy) is 1. The molecule has 0 saturated heterocycles. The summed E-state index contributed by atoms with van der Waals surface area (Å²) in [5.74, 6) is 2.61. The van der Waals surface area contributed by atoms with Crippen molar-refractivity contribution >= 4 is 33.3 Å². The van der Waals surface area contributed by atoms with Crippen molar-refractivity contribution in [1.82, 2.24) is 15.3 Å². The molecular weight excluding hydrogens is 422 g/mol. The summed E-state index contributed by atoms with van der Waals surface area (Å²) in [5, 5.41) is 9.85. The molecule has 0 unspecified atom stereocenters. The Labute approximate surface area is 201 Å². The van der Waals surface area contributed by atoms with Crippen LogP contribution in [0.1, 0.15) is 31.2 Å². The number of para-hydroxylation sites is 1. The Hall–Kier alpha value is -3.25. The Bertz CT molecular complexity index is 1260. The van der Waals surface area contributed by atoms with Crippen molar-refractivity contribution in [2.45, 2.75) is 38.3 Å². The number of aromatic amines is 1. The van der Waals surface area contributed by atoms with Crippen molar-refractivity contribution in [3.05, 3.63) is 60.3 Å². The number of pyridine rings is 1. The first-order valence-electron chi connectivity index (χ1n) is 12.3. The summed E-state index contributed by atoms with van der Waals surface area (Å²) < 4.78 is 5.39. The van der Waals surface area contributed by atoms with E-state index in [1.54, 1.807) is 7.11 Å². The molecule has 5 rings (SSSR count). The predicted molar refractivity (Wildman–Crippen MR) is 142 cm³/mol. The van der Waals surface area contributed by atoms with Crippen LogP contribution < -0.4 is 20.3 Å². The number of nitrogens with zero attached hydrogens (tertiary/aromatic N) is 2. The molecule has 6 nitrogen and oxygen atoms in total. The van der Waals surface area contributed by atoms with E-state index in [0.29, 0.717) is 6.04 Å². The van der Waals surface area contributed by atoms with Gasteiger partial charge in [-0.15, -0.1) is 0 Å². The first kappa shape index (κ1) is 22.5. The number of rotatable bonds is 8. The Morgan fingerprint density at radius 2 is 1.85 bits per heavy atom. The van der Waals surface area contributed by atoms with Crippen LogP contribution in [0.4, 0.5) is 11.5 Å². The molecule has 1 aliphatic rings. The minimum atomic E-state index is 0.487. The lowest BCUT2D eigenvalue weighted by atomic mass is 9.86. The summed E-state index contributed by atoms with van der Waals surface area (Å²) >= 11 is 0. The minimum Gasteiger partial charge on any atom is -0.497 e. The summed E-state index contributed by atoms with van der Waals surface area (Å²) in [6.45, 7) is 1.93. The highest BCUT2D eigenvalue weighted by Crippen LogP contribution is 2.30. The number of methoxy groups -OCH3 is 1. The van der Waals surface area contributed by atoms with Gasteiger partial charge in [0.1, 0.15) is 11.6 Å². The van der Waals surface area contributed by atoms with Crippen molar-refractivity contribution < 1.29 is 4.74 Å². The van der Waals surface area contributed by atoms with E-state index in [1.165, 1.54) is 47.7 Å².